The van der Waals surface area contributed by atoms with Crippen LogP contribution in [0.1, 0.15) is 30.6 Å². The standard InChI is InChI=1S/C12H15ClN2O2S/c1-12(2,6-10(14)16)15-11(17)8-5-7(18)3-4-9(8)13/h3-5,18H,6H2,1-2H3,(H2,14,16)(H,15,17). The Hall–Kier alpha value is -1.20. The van der Waals surface area contributed by atoms with Crippen molar-refractivity contribution in [2.75, 3.05) is 0 Å². The van der Waals surface area contributed by atoms with E-state index in [-0.39, 0.29) is 12.3 Å². The van der Waals surface area contributed by atoms with E-state index < -0.39 is 11.4 Å². The number of nitrogens with two attached hydrogens (primary N) is 1. The second kappa shape index (κ2) is 5.63. The molecule has 1 rings (SSSR count). The Kier molecular flexibility index (Phi) is 4.65. The zero-order chi connectivity index (χ0) is 13.9. The summed E-state index contributed by atoms with van der Waals surface area (Å²) in [4.78, 5) is 23.6. The summed E-state index contributed by atoms with van der Waals surface area (Å²) in [6.07, 6.45) is 0.0525. The molecule has 98 valence electrons. The van der Waals surface area contributed by atoms with Gasteiger partial charge in [-0.2, -0.15) is 0 Å². The summed E-state index contributed by atoms with van der Waals surface area (Å²) >= 11 is 10.1. The van der Waals surface area contributed by atoms with Crippen LogP contribution in [0.2, 0.25) is 5.02 Å². The second-order valence-corrected chi connectivity index (χ2v) is 5.57. The first-order chi connectivity index (χ1) is 8.21. The molecule has 3 N–H and O–H groups in total. The molecule has 0 aliphatic rings. The van der Waals surface area contributed by atoms with E-state index in [9.17, 15) is 9.59 Å². The van der Waals surface area contributed by atoms with Gasteiger partial charge in [-0.15, -0.1) is 12.6 Å². The van der Waals surface area contributed by atoms with Crippen LogP contribution in [-0.4, -0.2) is 17.4 Å². The first-order valence-electron chi connectivity index (χ1n) is 5.30. The van der Waals surface area contributed by atoms with Crippen LogP contribution < -0.4 is 11.1 Å². The Labute approximate surface area is 116 Å². The quantitative estimate of drug-likeness (QED) is 0.741. The Morgan fingerprint density at radius 2 is 2.06 bits per heavy atom. The molecule has 0 spiro atoms. The van der Waals surface area contributed by atoms with E-state index in [2.05, 4.69) is 17.9 Å². The number of amides is 2. The lowest BCUT2D eigenvalue weighted by Crippen LogP contribution is -2.46. The Morgan fingerprint density at radius 3 is 2.61 bits per heavy atom. The van der Waals surface area contributed by atoms with Crippen molar-refractivity contribution < 1.29 is 9.59 Å². The smallest absolute Gasteiger partial charge is 0.253 e. The third-order valence-corrected chi connectivity index (χ3v) is 2.87. The number of hydrogen-bond donors (Lipinski definition) is 3. The minimum atomic E-state index is -0.723. The van der Waals surface area contributed by atoms with Gasteiger partial charge in [-0.1, -0.05) is 11.6 Å². The number of rotatable bonds is 4. The van der Waals surface area contributed by atoms with Gasteiger partial charge >= 0.3 is 0 Å². The Morgan fingerprint density at radius 1 is 1.44 bits per heavy atom. The highest BCUT2D eigenvalue weighted by Crippen LogP contribution is 2.20. The molecule has 2 amide bonds. The normalized spacial score (nSPS) is 11.1. The molecule has 0 heterocycles. The molecule has 0 aliphatic heterocycles. The first kappa shape index (κ1) is 14.9. The number of halogens is 1. The van der Waals surface area contributed by atoms with Crippen LogP contribution in [0, 0.1) is 0 Å². The van der Waals surface area contributed by atoms with Gasteiger partial charge in [0.15, 0.2) is 0 Å². The Bertz CT molecular complexity index is 489. The van der Waals surface area contributed by atoms with E-state index in [1.54, 1.807) is 32.0 Å². The molecule has 0 unspecified atom stereocenters. The molecule has 0 aromatic heterocycles. The van der Waals surface area contributed by atoms with Gasteiger partial charge in [-0.05, 0) is 32.0 Å². The molecule has 0 radical (unpaired) electrons. The summed E-state index contributed by atoms with van der Waals surface area (Å²) in [5, 5.41) is 3.05. The molecule has 0 aliphatic carbocycles. The van der Waals surface area contributed by atoms with Crippen LogP contribution in [0.4, 0.5) is 0 Å². The van der Waals surface area contributed by atoms with E-state index in [0.717, 1.165) is 0 Å². The highest BCUT2D eigenvalue weighted by Gasteiger charge is 2.24. The van der Waals surface area contributed by atoms with Crippen LogP contribution in [0.25, 0.3) is 0 Å². The summed E-state index contributed by atoms with van der Waals surface area (Å²) in [5.41, 5.74) is 4.72. The zero-order valence-electron chi connectivity index (χ0n) is 10.2. The van der Waals surface area contributed by atoms with E-state index in [1.165, 1.54) is 0 Å². The largest absolute Gasteiger partial charge is 0.370 e. The van der Waals surface area contributed by atoms with Crippen LogP contribution in [0.3, 0.4) is 0 Å². The van der Waals surface area contributed by atoms with E-state index in [4.69, 9.17) is 17.3 Å². The van der Waals surface area contributed by atoms with Gasteiger partial charge in [-0.3, -0.25) is 9.59 Å². The highest BCUT2D eigenvalue weighted by molar-refractivity contribution is 7.80. The average molecular weight is 287 g/mol. The molecule has 0 saturated heterocycles. The van der Waals surface area contributed by atoms with Gasteiger partial charge in [0.1, 0.15) is 0 Å². The van der Waals surface area contributed by atoms with Crippen LogP contribution in [0.15, 0.2) is 23.1 Å². The molecule has 1 aromatic rings. The van der Waals surface area contributed by atoms with Crippen molar-refractivity contribution in [2.24, 2.45) is 5.73 Å². The minimum absolute atomic E-state index is 0.0525. The number of hydrogen-bond acceptors (Lipinski definition) is 3. The fourth-order valence-corrected chi connectivity index (χ4v) is 1.95. The maximum atomic E-state index is 12.0. The van der Waals surface area contributed by atoms with E-state index >= 15 is 0 Å². The van der Waals surface area contributed by atoms with Gasteiger partial charge in [0.25, 0.3) is 5.91 Å². The number of carbonyl (C=O) groups excluding carboxylic acids is 2. The monoisotopic (exact) mass is 286 g/mol. The third-order valence-electron chi connectivity index (χ3n) is 2.26. The third kappa shape index (κ3) is 4.23. The summed E-state index contributed by atoms with van der Waals surface area (Å²) in [5.74, 6) is -0.837. The maximum absolute atomic E-state index is 12.0. The summed E-state index contributed by atoms with van der Waals surface area (Å²) < 4.78 is 0. The average Bonchev–Trinajstić information content (AvgIpc) is 2.18. The summed E-state index contributed by atoms with van der Waals surface area (Å²) in [6, 6.07) is 4.86. The van der Waals surface area contributed by atoms with Crippen molar-refractivity contribution in [3.05, 3.63) is 28.8 Å². The van der Waals surface area contributed by atoms with E-state index in [1.807, 2.05) is 0 Å². The predicted molar refractivity (Wildman–Crippen MR) is 74.1 cm³/mol. The van der Waals surface area contributed by atoms with Crippen molar-refractivity contribution in [1.29, 1.82) is 0 Å². The lowest BCUT2D eigenvalue weighted by atomic mass is 9.99. The van der Waals surface area contributed by atoms with Crippen molar-refractivity contribution in [2.45, 2.75) is 30.7 Å². The van der Waals surface area contributed by atoms with Crippen LogP contribution >= 0.6 is 24.2 Å². The molecular weight excluding hydrogens is 272 g/mol. The van der Waals surface area contributed by atoms with Crippen LogP contribution in [-0.2, 0) is 4.79 Å². The zero-order valence-corrected chi connectivity index (χ0v) is 11.8. The fraction of sp³-hybridized carbons (Fsp3) is 0.333. The molecule has 18 heavy (non-hydrogen) atoms. The lowest BCUT2D eigenvalue weighted by Gasteiger charge is -2.25. The van der Waals surface area contributed by atoms with Gasteiger partial charge in [0.05, 0.1) is 10.6 Å². The molecule has 0 bridgehead atoms. The van der Waals surface area contributed by atoms with Crippen molar-refractivity contribution in [3.8, 4) is 0 Å². The van der Waals surface area contributed by atoms with Gasteiger partial charge in [0.2, 0.25) is 5.91 Å². The number of thiol groups is 1. The van der Waals surface area contributed by atoms with Gasteiger partial charge < -0.3 is 11.1 Å². The highest BCUT2D eigenvalue weighted by atomic mass is 35.5. The SMILES string of the molecule is CC(C)(CC(N)=O)NC(=O)c1cc(S)ccc1Cl. The number of primary amides is 1. The Balaban J connectivity index is 2.88. The maximum Gasteiger partial charge on any atom is 0.253 e. The number of benzene rings is 1. The molecule has 0 atom stereocenters. The van der Waals surface area contributed by atoms with E-state index in [0.29, 0.717) is 15.5 Å². The molecule has 6 heteroatoms. The number of carbonyl (C=O) groups is 2. The summed E-state index contributed by atoms with van der Waals surface area (Å²) in [6.45, 7) is 3.43. The predicted octanol–water partition coefficient (Wildman–Crippen LogP) is 2.01. The number of nitrogens with one attached hydrogen (secondary N) is 1. The lowest BCUT2D eigenvalue weighted by molar-refractivity contribution is -0.119. The van der Waals surface area contributed by atoms with Gasteiger partial charge in [0, 0.05) is 16.9 Å². The molecular formula is C12H15ClN2O2S. The van der Waals surface area contributed by atoms with Crippen LogP contribution in [0.5, 0.6) is 0 Å². The molecule has 4 nitrogen and oxygen atoms in total. The van der Waals surface area contributed by atoms with Crippen molar-refractivity contribution in [1.82, 2.24) is 5.32 Å². The van der Waals surface area contributed by atoms with Crippen molar-refractivity contribution >= 4 is 36.0 Å². The topological polar surface area (TPSA) is 72.2 Å². The molecule has 1 aromatic carbocycles. The first-order valence-corrected chi connectivity index (χ1v) is 6.13. The second-order valence-electron chi connectivity index (χ2n) is 4.65. The molecule has 0 fully saturated rings. The van der Waals surface area contributed by atoms with Gasteiger partial charge in [-0.25, -0.2) is 0 Å². The van der Waals surface area contributed by atoms with Crippen molar-refractivity contribution in [3.63, 3.8) is 0 Å². The minimum Gasteiger partial charge on any atom is -0.370 e. The molecule has 0 saturated carbocycles. The summed E-state index contributed by atoms with van der Waals surface area (Å²) in [7, 11) is 0. The fourth-order valence-electron chi connectivity index (χ4n) is 1.54.